The summed E-state index contributed by atoms with van der Waals surface area (Å²) in [6.07, 6.45) is 5.16. The lowest BCUT2D eigenvalue weighted by Crippen LogP contribution is -2.40. The lowest BCUT2D eigenvalue weighted by atomic mass is 10.2. The molecule has 2 saturated heterocycles. The molecule has 1 unspecified atom stereocenters. The van der Waals surface area contributed by atoms with Gasteiger partial charge in [0.1, 0.15) is 0 Å². The number of aliphatic imine (C=N–C) groups is 1. The van der Waals surface area contributed by atoms with Gasteiger partial charge in [-0.1, -0.05) is 30.3 Å². The quantitative estimate of drug-likeness (QED) is 0.389. The maximum atomic E-state index is 11.7. The SMILES string of the molecule is CCNC(=NCC1CCCN1Cc1ccccc1)NCCCN1CCCC1=O. The number of likely N-dealkylation sites (tertiary alicyclic amines) is 2. The second-order valence-corrected chi connectivity index (χ2v) is 7.74. The van der Waals surface area contributed by atoms with E-state index in [1.54, 1.807) is 0 Å². The molecule has 2 N–H and O–H groups in total. The van der Waals surface area contributed by atoms with Crippen LogP contribution in [0.2, 0.25) is 0 Å². The van der Waals surface area contributed by atoms with Crippen molar-refractivity contribution in [3.8, 4) is 0 Å². The Hall–Kier alpha value is -2.08. The van der Waals surface area contributed by atoms with E-state index in [0.717, 1.165) is 71.0 Å². The van der Waals surface area contributed by atoms with Gasteiger partial charge < -0.3 is 15.5 Å². The van der Waals surface area contributed by atoms with Crippen LogP contribution in [0.1, 0.15) is 44.6 Å². The Kier molecular flexibility index (Phi) is 8.15. The third-order valence-corrected chi connectivity index (χ3v) is 5.60. The molecule has 2 aliphatic heterocycles. The zero-order valence-corrected chi connectivity index (χ0v) is 17.2. The normalized spacial score (nSPS) is 20.8. The van der Waals surface area contributed by atoms with Crippen LogP contribution >= 0.6 is 0 Å². The van der Waals surface area contributed by atoms with Crippen LogP contribution in [0.15, 0.2) is 35.3 Å². The zero-order chi connectivity index (χ0) is 19.6. The molecular formula is C22H35N5O. The molecule has 2 fully saturated rings. The molecule has 0 bridgehead atoms. The van der Waals surface area contributed by atoms with Crippen molar-refractivity contribution in [1.82, 2.24) is 20.4 Å². The van der Waals surface area contributed by atoms with Gasteiger partial charge in [0.05, 0.1) is 6.54 Å². The van der Waals surface area contributed by atoms with E-state index in [0.29, 0.717) is 11.9 Å². The number of guanidine groups is 1. The van der Waals surface area contributed by atoms with Crippen LogP contribution in [0.25, 0.3) is 0 Å². The summed E-state index contributed by atoms with van der Waals surface area (Å²) < 4.78 is 0. The number of hydrogen-bond donors (Lipinski definition) is 2. The van der Waals surface area contributed by atoms with E-state index in [1.165, 1.54) is 18.4 Å². The summed E-state index contributed by atoms with van der Waals surface area (Å²) in [5.74, 6) is 1.20. The van der Waals surface area contributed by atoms with Gasteiger partial charge in [0.25, 0.3) is 0 Å². The highest BCUT2D eigenvalue weighted by Crippen LogP contribution is 2.20. The van der Waals surface area contributed by atoms with Gasteiger partial charge >= 0.3 is 0 Å². The van der Waals surface area contributed by atoms with E-state index < -0.39 is 0 Å². The largest absolute Gasteiger partial charge is 0.357 e. The summed E-state index contributed by atoms with van der Waals surface area (Å²) in [5.41, 5.74) is 1.37. The third-order valence-electron chi connectivity index (χ3n) is 5.60. The highest BCUT2D eigenvalue weighted by Gasteiger charge is 2.24. The lowest BCUT2D eigenvalue weighted by molar-refractivity contribution is -0.127. The standard InChI is InChI=1S/C22H35N5O/c1-2-23-22(24-13-8-16-26-14-7-12-21(26)28)25-17-20-11-6-15-27(20)18-19-9-4-3-5-10-19/h3-5,9-10,20H,2,6-8,11-18H2,1H3,(H2,23,24,25). The number of benzene rings is 1. The van der Waals surface area contributed by atoms with E-state index >= 15 is 0 Å². The van der Waals surface area contributed by atoms with E-state index in [-0.39, 0.29) is 0 Å². The summed E-state index contributed by atoms with van der Waals surface area (Å²) >= 11 is 0. The number of carbonyl (C=O) groups is 1. The topological polar surface area (TPSA) is 60.0 Å². The number of carbonyl (C=O) groups excluding carboxylic acids is 1. The van der Waals surface area contributed by atoms with Crippen LogP contribution in [0.4, 0.5) is 0 Å². The number of nitrogens with one attached hydrogen (secondary N) is 2. The molecule has 1 amide bonds. The van der Waals surface area contributed by atoms with Crippen molar-refractivity contribution < 1.29 is 4.79 Å². The van der Waals surface area contributed by atoms with Crippen molar-refractivity contribution in [2.75, 3.05) is 39.3 Å². The van der Waals surface area contributed by atoms with Crippen molar-refractivity contribution >= 4 is 11.9 Å². The van der Waals surface area contributed by atoms with Crippen LogP contribution < -0.4 is 10.6 Å². The van der Waals surface area contributed by atoms with Crippen molar-refractivity contribution in [2.45, 2.75) is 51.6 Å². The fraction of sp³-hybridized carbons (Fsp3) is 0.636. The van der Waals surface area contributed by atoms with E-state index in [2.05, 4.69) is 52.8 Å². The minimum atomic E-state index is 0.306. The van der Waals surface area contributed by atoms with Gasteiger partial charge in [-0.3, -0.25) is 14.7 Å². The van der Waals surface area contributed by atoms with Crippen LogP contribution in [0, 0.1) is 0 Å². The first-order valence-corrected chi connectivity index (χ1v) is 10.8. The molecule has 6 heteroatoms. The van der Waals surface area contributed by atoms with Crippen LogP contribution in [-0.2, 0) is 11.3 Å². The number of amides is 1. The molecule has 6 nitrogen and oxygen atoms in total. The monoisotopic (exact) mass is 385 g/mol. The van der Waals surface area contributed by atoms with Gasteiger partial charge in [-0.15, -0.1) is 0 Å². The first kappa shape index (κ1) is 20.6. The van der Waals surface area contributed by atoms with Gasteiger partial charge in [0, 0.05) is 45.2 Å². The Morgan fingerprint density at radius 2 is 2.04 bits per heavy atom. The summed E-state index contributed by atoms with van der Waals surface area (Å²) in [4.78, 5) is 21.1. The average Bonchev–Trinajstić information content (AvgIpc) is 3.32. The molecule has 0 aliphatic carbocycles. The van der Waals surface area contributed by atoms with Gasteiger partial charge in [0.15, 0.2) is 5.96 Å². The van der Waals surface area contributed by atoms with Gasteiger partial charge in [-0.25, -0.2) is 0 Å². The molecule has 154 valence electrons. The highest BCUT2D eigenvalue weighted by molar-refractivity contribution is 5.79. The third kappa shape index (κ3) is 6.23. The van der Waals surface area contributed by atoms with Gasteiger partial charge in [0.2, 0.25) is 5.91 Å². The average molecular weight is 386 g/mol. The summed E-state index contributed by atoms with van der Waals surface area (Å²) in [7, 11) is 0. The number of rotatable bonds is 9. The molecule has 1 aromatic rings. The van der Waals surface area contributed by atoms with E-state index in [1.807, 2.05) is 4.90 Å². The molecule has 0 spiro atoms. The van der Waals surface area contributed by atoms with E-state index in [9.17, 15) is 4.79 Å². The second kappa shape index (κ2) is 11.1. The molecule has 0 saturated carbocycles. The lowest BCUT2D eigenvalue weighted by Gasteiger charge is -2.23. The predicted molar refractivity (Wildman–Crippen MR) is 114 cm³/mol. The predicted octanol–water partition coefficient (Wildman–Crippen LogP) is 2.22. The van der Waals surface area contributed by atoms with Crippen molar-refractivity contribution in [1.29, 1.82) is 0 Å². The summed E-state index contributed by atoms with van der Waals surface area (Å²) in [5, 5.41) is 6.78. The number of nitrogens with zero attached hydrogens (tertiary/aromatic N) is 3. The molecular weight excluding hydrogens is 350 g/mol. The van der Waals surface area contributed by atoms with Crippen LogP contribution in [0.3, 0.4) is 0 Å². The molecule has 2 heterocycles. The Morgan fingerprint density at radius 3 is 2.79 bits per heavy atom. The van der Waals surface area contributed by atoms with Crippen molar-refractivity contribution in [3.05, 3.63) is 35.9 Å². The van der Waals surface area contributed by atoms with E-state index in [4.69, 9.17) is 4.99 Å². The molecule has 1 aromatic carbocycles. The Morgan fingerprint density at radius 1 is 1.18 bits per heavy atom. The number of hydrogen-bond acceptors (Lipinski definition) is 3. The van der Waals surface area contributed by atoms with Gasteiger partial charge in [-0.05, 0) is 44.7 Å². The fourth-order valence-electron chi connectivity index (χ4n) is 4.08. The minimum absolute atomic E-state index is 0.306. The molecule has 28 heavy (non-hydrogen) atoms. The highest BCUT2D eigenvalue weighted by atomic mass is 16.2. The first-order chi connectivity index (χ1) is 13.8. The zero-order valence-electron chi connectivity index (χ0n) is 17.2. The first-order valence-electron chi connectivity index (χ1n) is 10.8. The molecule has 1 atom stereocenters. The van der Waals surface area contributed by atoms with Crippen LogP contribution in [-0.4, -0.2) is 67.0 Å². The van der Waals surface area contributed by atoms with Crippen LogP contribution in [0.5, 0.6) is 0 Å². The maximum Gasteiger partial charge on any atom is 0.222 e. The van der Waals surface area contributed by atoms with Gasteiger partial charge in [-0.2, -0.15) is 0 Å². The minimum Gasteiger partial charge on any atom is -0.357 e. The van der Waals surface area contributed by atoms with Crippen molar-refractivity contribution in [2.24, 2.45) is 4.99 Å². The molecule has 3 rings (SSSR count). The Balaban J connectivity index is 1.44. The molecule has 2 aliphatic rings. The Labute approximate surface area is 169 Å². The summed E-state index contributed by atoms with van der Waals surface area (Å²) in [6, 6.07) is 11.2. The molecule has 0 aromatic heterocycles. The fourth-order valence-corrected chi connectivity index (χ4v) is 4.08. The Bertz CT molecular complexity index is 633. The molecule has 0 radical (unpaired) electrons. The maximum absolute atomic E-state index is 11.7. The smallest absolute Gasteiger partial charge is 0.222 e. The summed E-state index contributed by atoms with van der Waals surface area (Å²) in [6.45, 7) is 8.55. The van der Waals surface area contributed by atoms with Crippen molar-refractivity contribution in [3.63, 3.8) is 0 Å². The second-order valence-electron chi connectivity index (χ2n) is 7.74.